The van der Waals surface area contributed by atoms with Crippen LogP contribution >= 0.6 is 0 Å². The zero-order valence-electron chi connectivity index (χ0n) is 10.3. The number of carbonyl (C=O) groups excluding carboxylic acids is 1. The molecule has 0 unspecified atom stereocenters. The summed E-state index contributed by atoms with van der Waals surface area (Å²) >= 11 is 0. The minimum atomic E-state index is 0.0370. The third kappa shape index (κ3) is 2.41. The Kier molecular flexibility index (Phi) is 3.05. The smallest absolute Gasteiger partial charge is 0.194 e. The molecule has 1 heterocycles. The fraction of sp³-hybridized carbons (Fsp3) is 0.200. The largest absolute Gasteiger partial charge is 0.289 e. The molecule has 0 aliphatic heterocycles. The quantitative estimate of drug-likeness (QED) is 0.734. The molecule has 0 atom stereocenters. The Labute approximate surface area is 101 Å². The molecule has 2 aromatic rings. The van der Waals surface area contributed by atoms with Crippen molar-refractivity contribution >= 4 is 5.78 Å². The Morgan fingerprint density at radius 1 is 0.941 bits per heavy atom. The van der Waals surface area contributed by atoms with Gasteiger partial charge in [0.1, 0.15) is 0 Å². The van der Waals surface area contributed by atoms with Gasteiger partial charge in [-0.05, 0) is 32.9 Å². The molecule has 0 saturated carbocycles. The van der Waals surface area contributed by atoms with Gasteiger partial charge in [0.25, 0.3) is 0 Å². The predicted molar refractivity (Wildman–Crippen MR) is 68.3 cm³/mol. The van der Waals surface area contributed by atoms with Gasteiger partial charge in [-0.1, -0.05) is 29.8 Å². The van der Waals surface area contributed by atoms with E-state index in [1.54, 1.807) is 0 Å². The molecule has 1 aromatic carbocycles. The molecule has 0 amide bonds. The van der Waals surface area contributed by atoms with Crippen molar-refractivity contribution in [1.29, 1.82) is 0 Å². The first-order valence-electron chi connectivity index (χ1n) is 5.63. The molecule has 0 aliphatic rings. The van der Waals surface area contributed by atoms with E-state index in [0.29, 0.717) is 11.1 Å². The molecule has 17 heavy (non-hydrogen) atoms. The second-order valence-electron chi connectivity index (χ2n) is 4.28. The van der Waals surface area contributed by atoms with E-state index in [-0.39, 0.29) is 5.78 Å². The van der Waals surface area contributed by atoms with Crippen LogP contribution in [0.3, 0.4) is 0 Å². The maximum atomic E-state index is 12.2. The lowest BCUT2D eigenvalue weighted by Crippen LogP contribution is -2.05. The number of hydrogen-bond donors (Lipinski definition) is 0. The van der Waals surface area contributed by atoms with E-state index in [4.69, 9.17) is 0 Å². The number of aromatic nitrogens is 1. The highest BCUT2D eigenvalue weighted by Crippen LogP contribution is 2.13. The van der Waals surface area contributed by atoms with E-state index in [1.165, 1.54) is 0 Å². The van der Waals surface area contributed by atoms with Crippen LogP contribution in [0, 0.1) is 20.8 Å². The SMILES string of the molecule is Cc1ccc(C(=O)c2ccc(C)nc2C)cc1. The Balaban J connectivity index is 2.40. The standard InChI is InChI=1S/C15H15NO/c1-10-4-7-13(8-5-10)15(17)14-9-6-11(2)16-12(14)3/h4-9H,1-3H3. The molecule has 0 saturated heterocycles. The van der Waals surface area contributed by atoms with Crippen molar-refractivity contribution in [3.8, 4) is 0 Å². The molecule has 0 bridgehead atoms. The summed E-state index contributed by atoms with van der Waals surface area (Å²) in [7, 11) is 0. The number of nitrogens with zero attached hydrogens (tertiary/aromatic N) is 1. The van der Waals surface area contributed by atoms with Crippen LogP contribution in [0.2, 0.25) is 0 Å². The van der Waals surface area contributed by atoms with E-state index in [1.807, 2.05) is 57.2 Å². The van der Waals surface area contributed by atoms with Crippen molar-refractivity contribution in [2.75, 3.05) is 0 Å². The lowest BCUT2D eigenvalue weighted by Gasteiger charge is -2.05. The number of hydrogen-bond acceptors (Lipinski definition) is 2. The molecular weight excluding hydrogens is 210 g/mol. The van der Waals surface area contributed by atoms with Crippen LogP contribution in [0.25, 0.3) is 0 Å². The number of aryl methyl sites for hydroxylation is 3. The summed E-state index contributed by atoms with van der Waals surface area (Å²) in [6, 6.07) is 11.3. The summed E-state index contributed by atoms with van der Waals surface area (Å²) < 4.78 is 0. The summed E-state index contributed by atoms with van der Waals surface area (Å²) in [4.78, 5) is 16.6. The lowest BCUT2D eigenvalue weighted by atomic mass is 10.0. The van der Waals surface area contributed by atoms with Crippen LogP contribution in [0.15, 0.2) is 36.4 Å². The molecule has 2 rings (SSSR count). The van der Waals surface area contributed by atoms with Crippen molar-refractivity contribution < 1.29 is 4.79 Å². The normalized spacial score (nSPS) is 10.3. The molecule has 0 radical (unpaired) electrons. The fourth-order valence-corrected chi connectivity index (χ4v) is 1.79. The maximum Gasteiger partial charge on any atom is 0.194 e. The van der Waals surface area contributed by atoms with Gasteiger partial charge in [0, 0.05) is 22.5 Å². The van der Waals surface area contributed by atoms with Crippen molar-refractivity contribution in [1.82, 2.24) is 4.98 Å². The number of carbonyl (C=O) groups is 1. The summed E-state index contributed by atoms with van der Waals surface area (Å²) in [5.74, 6) is 0.0370. The second kappa shape index (κ2) is 4.50. The molecule has 0 N–H and O–H groups in total. The van der Waals surface area contributed by atoms with Crippen molar-refractivity contribution in [3.05, 3.63) is 64.5 Å². The summed E-state index contributed by atoms with van der Waals surface area (Å²) in [6.45, 7) is 5.80. The molecule has 2 nitrogen and oxygen atoms in total. The molecule has 0 fully saturated rings. The highest BCUT2D eigenvalue weighted by Gasteiger charge is 2.12. The average molecular weight is 225 g/mol. The van der Waals surface area contributed by atoms with Gasteiger partial charge in [0.05, 0.1) is 0 Å². The zero-order chi connectivity index (χ0) is 12.4. The van der Waals surface area contributed by atoms with Gasteiger partial charge in [0.2, 0.25) is 0 Å². The van der Waals surface area contributed by atoms with Gasteiger partial charge in [-0.3, -0.25) is 9.78 Å². The number of benzene rings is 1. The fourth-order valence-electron chi connectivity index (χ4n) is 1.79. The van der Waals surface area contributed by atoms with Crippen LogP contribution in [-0.4, -0.2) is 10.8 Å². The first-order chi connectivity index (χ1) is 8.08. The van der Waals surface area contributed by atoms with Gasteiger partial charge >= 0.3 is 0 Å². The Morgan fingerprint density at radius 3 is 2.18 bits per heavy atom. The third-order valence-electron chi connectivity index (χ3n) is 2.78. The average Bonchev–Trinajstić information content (AvgIpc) is 2.29. The van der Waals surface area contributed by atoms with Crippen LogP contribution < -0.4 is 0 Å². The molecule has 86 valence electrons. The summed E-state index contributed by atoms with van der Waals surface area (Å²) in [5, 5.41) is 0. The highest BCUT2D eigenvalue weighted by molar-refractivity contribution is 6.09. The predicted octanol–water partition coefficient (Wildman–Crippen LogP) is 3.24. The number of rotatable bonds is 2. The highest BCUT2D eigenvalue weighted by atomic mass is 16.1. The Morgan fingerprint density at radius 2 is 1.59 bits per heavy atom. The molecule has 2 heteroatoms. The first-order valence-corrected chi connectivity index (χ1v) is 5.63. The molecule has 0 aliphatic carbocycles. The van der Waals surface area contributed by atoms with Gasteiger partial charge in [-0.15, -0.1) is 0 Å². The topological polar surface area (TPSA) is 30.0 Å². The van der Waals surface area contributed by atoms with Crippen molar-refractivity contribution in [2.45, 2.75) is 20.8 Å². The van der Waals surface area contributed by atoms with Crippen LogP contribution in [-0.2, 0) is 0 Å². The summed E-state index contributed by atoms with van der Waals surface area (Å²) in [6.07, 6.45) is 0. The van der Waals surface area contributed by atoms with Crippen LogP contribution in [0.4, 0.5) is 0 Å². The minimum absolute atomic E-state index is 0.0370. The molecular formula is C15H15NO. The van der Waals surface area contributed by atoms with E-state index in [9.17, 15) is 4.79 Å². The monoisotopic (exact) mass is 225 g/mol. The van der Waals surface area contributed by atoms with E-state index < -0.39 is 0 Å². The number of pyridine rings is 1. The lowest BCUT2D eigenvalue weighted by molar-refractivity contribution is 0.103. The van der Waals surface area contributed by atoms with E-state index in [0.717, 1.165) is 17.0 Å². The van der Waals surface area contributed by atoms with Gasteiger partial charge < -0.3 is 0 Å². The van der Waals surface area contributed by atoms with Crippen LogP contribution in [0.1, 0.15) is 32.9 Å². The van der Waals surface area contributed by atoms with Gasteiger partial charge in [-0.25, -0.2) is 0 Å². The summed E-state index contributed by atoms with van der Waals surface area (Å²) in [5.41, 5.74) is 4.27. The van der Waals surface area contributed by atoms with Crippen molar-refractivity contribution in [2.24, 2.45) is 0 Å². The molecule has 0 spiro atoms. The second-order valence-corrected chi connectivity index (χ2v) is 4.28. The maximum absolute atomic E-state index is 12.2. The van der Waals surface area contributed by atoms with Gasteiger partial charge in [0.15, 0.2) is 5.78 Å². The van der Waals surface area contributed by atoms with Gasteiger partial charge in [-0.2, -0.15) is 0 Å². The Hall–Kier alpha value is -1.96. The van der Waals surface area contributed by atoms with E-state index in [2.05, 4.69) is 4.98 Å². The zero-order valence-corrected chi connectivity index (χ0v) is 10.3. The first kappa shape index (κ1) is 11.5. The minimum Gasteiger partial charge on any atom is -0.289 e. The van der Waals surface area contributed by atoms with Crippen molar-refractivity contribution in [3.63, 3.8) is 0 Å². The number of ketones is 1. The molecule has 1 aromatic heterocycles. The van der Waals surface area contributed by atoms with Crippen LogP contribution in [0.5, 0.6) is 0 Å². The Bertz CT molecular complexity index is 556. The van der Waals surface area contributed by atoms with E-state index >= 15 is 0 Å². The third-order valence-corrected chi connectivity index (χ3v) is 2.78.